The van der Waals surface area contributed by atoms with Crippen LogP contribution in [-0.4, -0.2) is 12.5 Å². The van der Waals surface area contributed by atoms with E-state index in [0.29, 0.717) is 24.2 Å². The maximum Gasteiger partial charge on any atom is 0.418 e. The summed E-state index contributed by atoms with van der Waals surface area (Å²) in [6.07, 6.45) is -2.37. The summed E-state index contributed by atoms with van der Waals surface area (Å²) in [6, 6.07) is 4.03. The number of anilines is 1. The summed E-state index contributed by atoms with van der Waals surface area (Å²) in [5.41, 5.74) is 0.538. The molecule has 1 aromatic rings. The standard InChI is InChI=1S/C16H19F3N2O/c1-10(2)7-12-8-21(14(9-22)20-12)15-11(3)5-4-6-13(15)16(17,18)19/h4-6,8-10,14,20H,7H2,1-3H3. The Balaban J connectivity index is 2.50. The lowest BCUT2D eigenvalue weighted by atomic mass is 10.1. The zero-order valence-electron chi connectivity index (χ0n) is 12.7. The first-order valence-electron chi connectivity index (χ1n) is 7.11. The predicted octanol–water partition coefficient (Wildman–Crippen LogP) is 3.84. The van der Waals surface area contributed by atoms with Crippen molar-refractivity contribution in [3.63, 3.8) is 0 Å². The second-order valence-corrected chi connectivity index (χ2v) is 5.85. The van der Waals surface area contributed by atoms with E-state index >= 15 is 0 Å². The van der Waals surface area contributed by atoms with Crippen LogP contribution in [0.5, 0.6) is 0 Å². The number of rotatable bonds is 4. The monoisotopic (exact) mass is 312 g/mol. The first kappa shape index (κ1) is 16.4. The van der Waals surface area contributed by atoms with Gasteiger partial charge in [0, 0.05) is 11.9 Å². The number of benzene rings is 1. The van der Waals surface area contributed by atoms with E-state index < -0.39 is 17.9 Å². The van der Waals surface area contributed by atoms with Gasteiger partial charge in [-0.1, -0.05) is 26.0 Å². The van der Waals surface area contributed by atoms with E-state index in [1.54, 1.807) is 19.2 Å². The fraction of sp³-hybridized carbons (Fsp3) is 0.438. The summed E-state index contributed by atoms with van der Waals surface area (Å²) in [7, 11) is 0. The van der Waals surface area contributed by atoms with Crippen LogP contribution < -0.4 is 10.2 Å². The molecule has 1 aliphatic rings. The molecule has 120 valence electrons. The van der Waals surface area contributed by atoms with Crippen molar-refractivity contribution in [1.29, 1.82) is 0 Å². The molecule has 0 spiro atoms. The number of halogens is 3. The molecule has 6 heteroatoms. The Hall–Kier alpha value is -1.98. The van der Waals surface area contributed by atoms with E-state index in [0.717, 1.165) is 11.8 Å². The summed E-state index contributed by atoms with van der Waals surface area (Å²) in [6.45, 7) is 5.63. The Morgan fingerprint density at radius 2 is 2.05 bits per heavy atom. The number of allylic oxidation sites excluding steroid dienone is 1. The summed E-state index contributed by atoms with van der Waals surface area (Å²) in [5.74, 6) is 0.338. The molecule has 0 aromatic heterocycles. The van der Waals surface area contributed by atoms with Crippen LogP contribution in [0, 0.1) is 12.8 Å². The second-order valence-electron chi connectivity index (χ2n) is 5.85. The minimum atomic E-state index is -4.47. The second kappa shape index (κ2) is 6.02. The van der Waals surface area contributed by atoms with Crippen LogP contribution >= 0.6 is 0 Å². The Morgan fingerprint density at radius 3 is 2.59 bits per heavy atom. The Labute approximate surface area is 127 Å². The van der Waals surface area contributed by atoms with Crippen LogP contribution in [0.4, 0.5) is 18.9 Å². The van der Waals surface area contributed by atoms with Gasteiger partial charge in [0.1, 0.15) is 0 Å². The van der Waals surface area contributed by atoms with Crippen LogP contribution in [0.15, 0.2) is 30.1 Å². The molecule has 0 fully saturated rings. The average Bonchev–Trinajstić information content (AvgIpc) is 2.79. The fourth-order valence-corrected chi connectivity index (χ4v) is 2.63. The van der Waals surface area contributed by atoms with Crippen LogP contribution in [0.3, 0.4) is 0 Å². The van der Waals surface area contributed by atoms with Gasteiger partial charge in [0.05, 0.1) is 11.3 Å². The van der Waals surface area contributed by atoms with Gasteiger partial charge in [0.2, 0.25) is 0 Å². The number of hydrogen-bond acceptors (Lipinski definition) is 3. The molecule has 0 saturated carbocycles. The lowest BCUT2D eigenvalue weighted by molar-refractivity contribution is -0.137. The van der Waals surface area contributed by atoms with E-state index in [1.807, 2.05) is 13.8 Å². The molecule has 0 radical (unpaired) electrons. The van der Waals surface area contributed by atoms with Crippen molar-refractivity contribution in [3.8, 4) is 0 Å². The number of carbonyl (C=O) groups excluding carboxylic acids is 1. The van der Waals surface area contributed by atoms with Crippen molar-refractivity contribution in [1.82, 2.24) is 5.32 Å². The summed E-state index contributed by atoms with van der Waals surface area (Å²) >= 11 is 0. The average molecular weight is 312 g/mol. The molecular formula is C16H19F3N2O. The molecule has 1 aliphatic heterocycles. The number of aryl methyl sites for hydroxylation is 1. The Bertz CT molecular complexity index is 594. The SMILES string of the molecule is Cc1cccc(C(F)(F)F)c1N1C=C(CC(C)C)NC1C=O. The van der Waals surface area contributed by atoms with Crippen molar-refractivity contribution in [2.45, 2.75) is 39.5 Å². The normalized spacial score (nSPS) is 18.4. The Kier molecular flexibility index (Phi) is 4.49. The van der Waals surface area contributed by atoms with Gasteiger partial charge >= 0.3 is 6.18 Å². The smallest absolute Gasteiger partial charge is 0.361 e. The van der Waals surface area contributed by atoms with Gasteiger partial charge in [-0.3, -0.25) is 4.79 Å². The molecule has 0 bridgehead atoms. The maximum atomic E-state index is 13.3. The third kappa shape index (κ3) is 3.26. The molecule has 1 atom stereocenters. The highest BCUT2D eigenvalue weighted by molar-refractivity contribution is 5.73. The van der Waals surface area contributed by atoms with E-state index in [9.17, 15) is 18.0 Å². The highest BCUT2D eigenvalue weighted by Crippen LogP contribution is 2.40. The lowest BCUT2D eigenvalue weighted by Crippen LogP contribution is -2.38. The van der Waals surface area contributed by atoms with Crippen LogP contribution in [-0.2, 0) is 11.0 Å². The highest BCUT2D eigenvalue weighted by atomic mass is 19.4. The van der Waals surface area contributed by atoms with Crippen LogP contribution in [0.2, 0.25) is 0 Å². The van der Waals surface area contributed by atoms with Gasteiger partial charge in [0.25, 0.3) is 0 Å². The molecular weight excluding hydrogens is 293 g/mol. The largest absolute Gasteiger partial charge is 0.418 e. The first-order chi connectivity index (χ1) is 10.2. The molecule has 1 aromatic carbocycles. The van der Waals surface area contributed by atoms with Gasteiger partial charge in [0.15, 0.2) is 12.5 Å². The molecule has 1 heterocycles. The summed E-state index contributed by atoms with van der Waals surface area (Å²) < 4.78 is 39.8. The first-order valence-corrected chi connectivity index (χ1v) is 7.11. The molecule has 0 amide bonds. The number of aldehydes is 1. The predicted molar refractivity (Wildman–Crippen MR) is 79.2 cm³/mol. The van der Waals surface area contributed by atoms with Crippen molar-refractivity contribution in [2.24, 2.45) is 5.92 Å². The lowest BCUT2D eigenvalue weighted by Gasteiger charge is -2.26. The third-order valence-corrected chi connectivity index (χ3v) is 3.49. The van der Waals surface area contributed by atoms with Gasteiger partial charge in [-0.25, -0.2) is 0 Å². The molecule has 1 N–H and O–H groups in total. The number of carbonyl (C=O) groups is 1. The van der Waals surface area contributed by atoms with Gasteiger partial charge < -0.3 is 10.2 Å². The van der Waals surface area contributed by atoms with E-state index in [2.05, 4.69) is 5.32 Å². The third-order valence-electron chi connectivity index (χ3n) is 3.49. The van der Waals surface area contributed by atoms with E-state index in [1.165, 1.54) is 11.0 Å². The number of nitrogens with one attached hydrogen (secondary N) is 1. The van der Waals surface area contributed by atoms with Crippen LogP contribution in [0.1, 0.15) is 31.4 Å². The molecule has 22 heavy (non-hydrogen) atoms. The molecule has 0 aliphatic carbocycles. The molecule has 2 rings (SSSR count). The van der Waals surface area contributed by atoms with Crippen molar-refractivity contribution >= 4 is 12.0 Å². The molecule has 1 unspecified atom stereocenters. The number of hydrogen-bond donors (Lipinski definition) is 1. The highest BCUT2D eigenvalue weighted by Gasteiger charge is 2.38. The van der Waals surface area contributed by atoms with E-state index in [4.69, 9.17) is 0 Å². The minimum Gasteiger partial charge on any atom is -0.361 e. The zero-order chi connectivity index (χ0) is 16.5. The van der Waals surface area contributed by atoms with E-state index in [-0.39, 0.29) is 5.69 Å². The number of alkyl halides is 3. The number of nitrogens with zero attached hydrogens (tertiary/aromatic N) is 1. The van der Waals surface area contributed by atoms with Crippen molar-refractivity contribution < 1.29 is 18.0 Å². The number of para-hydroxylation sites is 1. The summed E-state index contributed by atoms with van der Waals surface area (Å²) in [5, 5.41) is 2.98. The van der Waals surface area contributed by atoms with Gasteiger partial charge in [-0.2, -0.15) is 13.2 Å². The fourth-order valence-electron chi connectivity index (χ4n) is 2.63. The van der Waals surface area contributed by atoms with Gasteiger partial charge in [-0.15, -0.1) is 0 Å². The topological polar surface area (TPSA) is 32.3 Å². The van der Waals surface area contributed by atoms with Crippen molar-refractivity contribution in [3.05, 3.63) is 41.2 Å². The van der Waals surface area contributed by atoms with Crippen molar-refractivity contribution in [2.75, 3.05) is 4.90 Å². The Morgan fingerprint density at radius 1 is 1.36 bits per heavy atom. The zero-order valence-corrected chi connectivity index (χ0v) is 12.7. The van der Waals surface area contributed by atoms with Crippen LogP contribution in [0.25, 0.3) is 0 Å². The summed E-state index contributed by atoms with van der Waals surface area (Å²) in [4.78, 5) is 12.7. The maximum absolute atomic E-state index is 13.3. The molecule has 0 saturated heterocycles. The quantitative estimate of drug-likeness (QED) is 0.858. The minimum absolute atomic E-state index is 0.0263. The van der Waals surface area contributed by atoms with Gasteiger partial charge in [-0.05, 0) is 30.9 Å². The molecule has 3 nitrogen and oxygen atoms in total.